The number of amides is 1. The molecule has 1 amide bonds. The highest BCUT2D eigenvalue weighted by atomic mass is 19.1. The molecule has 0 fully saturated rings. The monoisotopic (exact) mass is 425 g/mol. The number of ether oxygens (including phenoxy) is 3. The molecule has 4 rings (SSSR count). The van der Waals surface area contributed by atoms with Crippen LogP contribution in [0.15, 0.2) is 59.4 Å². The van der Waals surface area contributed by atoms with Gasteiger partial charge in [0.2, 0.25) is 6.79 Å². The molecule has 9 heteroatoms. The lowest BCUT2D eigenvalue weighted by Gasteiger charge is -2.09. The second-order valence-electron chi connectivity index (χ2n) is 6.79. The first-order chi connectivity index (χ1) is 15.1. The van der Waals surface area contributed by atoms with Gasteiger partial charge in [-0.05, 0) is 48.9 Å². The van der Waals surface area contributed by atoms with E-state index in [0.29, 0.717) is 48.0 Å². The van der Waals surface area contributed by atoms with Crippen molar-refractivity contribution < 1.29 is 23.4 Å². The molecule has 0 aliphatic carbocycles. The van der Waals surface area contributed by atoms with Gasteiger partial charge < -0.3 is 19.5 Å². The Labute approximate surface area is 177 Å². The average Bonchev–Trinajstić information content (AvgIpc) is 3.25. The lowest BCUT2D eigenvalue weighted by molar-refractivity contribution is -0.123. The second kappa shape index (κ2) is 9.29. The topological polar surface area (TPSA) is 91.7 Å². The number of carbonyl (C=O) groups excluding carboxylic acids is 1. The van der Waals surface area contributed by atoms with E-state index >= 15 is 0 Å². The van der Waals surface area contributed by atoms with Gasteiger partial charge in [0.05, 0.1) is 5.69 Å². The normalized spacial score (nSPS) is 11.9. The van der Waals surface area contributed by atoms with E-state index in [0.717, 1.165) is 0 Å². The zero-order chi connectivity index (χ0) is 21.6. The number of fused-ring (bicyclic) bond motifs is 1. The van der Waals surface area contributed by atoms with Crippen LogP contribution in [0, 0.1) is 5.82 Å². The minimum atomic E-state index is -0.338. The van der Waals surface area contributed by atoms with E-state index in [1.807, 2.05) is 0 Å². The summed E-state index contributed by atoms with van der Waals surface area (Å²) in [7, 11) is 0. The van der Waals surface area contributed by atoms with Gasteiger partial charge >= 0.3 is 0 Å². The molecule has 31 heavy (non-hydrogen) atoms. The molecule has 0 bridgehead atoms. The number of halogens is 1. The van der Waals surface area contributed by atoms with Crippen molar-refractivity contribution in [1.82, 2.24) is 15.1 Å². The van der Waals surface area contributed by atoms with E-state index in [-0.39, 0.29) is 30.7 Å². The smallest absolute Gasteiger partial charge is 0.266 e. The van der Waals surface area contributed by atoms with Crippen molar-refractivity contribution in [2.24, 2.45) is 0 Å². The third kappa shape index (κ3) is 5.19. The van der Waals surface area contributed by atoms with Gasteiger partial charge in [-0.2, -0.15) is 5.10 Å². The standard InChI is InChI=1S/C22H20FN3O5/c23-16-4-2-15(3-5-16)18-7-9-22(28)26(25-18)11-1-10-24-21(27)13-29-17-6-8-19-20(12-17)31-14-30-19/h2-9,12H,1,10-11,13-14H2,(H,24,27). The molecule has 0 saturated carbocycles. The van der Waals surface area contributed by atoms with Crippen LogP contribution in [0.3, 0.4) is 0 Å². The summed E-state index contributed by atoms with van der Waals surface area (Å²) in [6, 6.07) is 14.0. The molecule has 1 aromatic heterocycles. The van der Waals surface area contributed by atoms with Gasteiger partial charge in [0, 0.05) is 30.8 Å². The fourth-order valence-corrected chi connectivity index (χ4v) is 3.01. The van der Waals surface area contributed by atoms with E-state index in [2.05, 4.69) is 10.4 Å². The summed E-state index contributed by atoms with van der Waals surface area (Å²) in [5.74, 6) is 1.11. The van der Waals surface area contributed by atoms with E-state index in [1.165, 1.54) is 22.9 Å². The summed E-state index contributed by atoms with van der Waals surface area (Å²) in [4.78, 5) is 24.0. The Morgan fingerprint density at radius 3 is 2.74 bits per heavy atom. The Morgan fingerprint density at radius 1 is 1.10 bits per heavy atom. The lowest BCUT2D eigenvalue weighted by atomic mass is 10.1. The van der Waals surface area contributed by atoms with Crippen molar-refractivity contribution in [1.29, 1.82) is 0 Å². The summed E-state index contributed by atoms with van der Waals surface area (Å²) >= 11 is 0. The minimum absolute atomic E-state index is 0.141. The third-order valence-corrected chi connectivity index (χ3v) is 4.59. The fraction of sp³-hybridized carbons (Fsp3) is 0.227. The van der Waals surface area contributed by atoms with Crippen molar-refractivity contribution in [3.63, 3.8) is 0 Å². The largest absolute Gasteiger partial charge is 0.484 e. The molecule has 8 nitrogen and oxygen atoms in total. The molecule has 1 aliphatic heterocycles. The number of carbonyl (C=O) groups is 1. The van der Waals surface area contributed by atoms with Crippen LogP contribution >= 0.6 is 0 Å². The molecule has 0 saturated heterocycles. The maximum Gasteiger partial charge on any atom is 0.266 e. The quantitative estimate of drug-likeness (QED) is 0.557. The maximum absolute atomic E-state index is 13.1. The van der Waals surface area contributed by atoms with Gasteiger partial charge in [0.15, 0.2) is 18.1 Å². The first kappa shape index (κ1) is 20.4. The molecule has 2 aromatic carbocycles. The van der Waals surface area contributed by atoms with Gasteiger partial charge in [0.1, 0.15) is 11.6 Å². The highest BCUT2D eigenvalue weighted by molar-refractivity contribution is 5.77. The minimum Gasteiger partial charge on any atom is -0.484 e. The van der Waals surface area contributed by atoms with E-state index < -0.39 is 0 Å². The number of nitrogens with zero attached hydrogens (tertiary/aromatic N) is 2. The van der Waals surface area contributed by atoms with Crippen LogP contribution in [-0.2, 0) is 11.3 Å². The van der Waals surface area contributed by atoms with Crippen LogP contribution < -0.4 is 25.1 Å². The van der Waals surface area contributed by atoms with Gasteiger partial charge in [0.25, 0.3) is 11.5 Å². The molecule has 3 aromatic rings. The Bertz CT molecular complexity index is 1130. The first-order valence-corrected chi connectivity index (χ1v) is 9.72. The SMILES string of the molecule is O=C(COc1ccc2c(c1)OCO2)NCCCn1nc(-c2ccc(F)cc2)ccc1=O. The average molecular weight is 425 g/mol. The third-order valence-electron chi connectivity index (χ3n) is 4.59. The van der Waals surface area contributed by atoms with Gasteiger partial charge in [-0.1, -0.05) is 0 Å². The molecule has 0 unspecified atom stereocenters. The maximum atomic E-state index is 13.1. The fourth-order valence-electron chi connectivity index (χ4n) is 3.01. The van der Waals surface area contributed by atoms with E-state index in [9.17, 15) is 14.0 Å². The Hall–Kier alpha value is -3.88. The highest BCUT2D eigenvalue weighted by Crippen LogP contribution is 2.35. The summed E-state index contributed by atoms with van der Waals surface area (Å²) < 4.78 is 30.4. The highest BCUT2D eigenvalue weighted by Gasteiger charge is 2.14. The summed E-state index contributed by atoms with van der Waals surface area (Å²) in [5.41, 5.74) is 1.04. The molecular formula is C22H20FN3O5. The molecule has 1 N–H and O–H groups in total. The molecule has 1 aliphatic rings. The van der Waals surface area contributed by atoms with Crippen LogP contribution in [0.5, 0.6) is 17.2 Å². The molecule has 0 atom stereocenters. The van der Waals surface area contributed by atoms with Crippen LogP contribution in [0.1, 0.15) is 6.42 Å². The lowest BCUT2D eigenvalue weighted by Crippen LogP contribution is -2.31. The van der Waals surface area contributed by atoms with Crippen LogP contribution in [0.2, 0.25) is 0 Å². The summed E-state index contributed by atoms with van der Waals surface area (Å²) in [6.45, 7) is 0.720. The number of hydrogen-bond donors (Lipinski definition) is 1. The predicted octanol–water partition coefficient (Wildman–Crippen LogP) is 2.36. The number of nitrogens with one attached hydrogen (secondary N) is 1. The van der Waals surface area contributed by atoms with Crippen molar-refractivity contribution in [3.8, 4) is 28.5 Å². The molecule has 160 valence electrons. The van der Waals surface area contributed by atoms with Gasteiger partial charge in [-0.25, -0.2) is 9.07 Å². The number of aryl methyl sites for hydroxylation is 1. The summed E-state index contributed by atoms with van der Waals surface area (Å²) in [5, 5.41) is 7.06. The number of hydrogen-bond acceptors (Lipinski definition) is 6. The Kier molecular flexibility index (Phi) is 6.11. The summed E-state index contributed by atoms with van der Waals surface area (Å²) in [6.07, 6.45) is 0.509. The van der Waals surface area contributed by atoms with Crippen molar-refractivity contribution >= 4 is 5.91 Å². The number of aromatic nitrogens is 2. The first-order valence-electron chi connectivity index (χ1n) is 9.72. The number of rotatable bonds is 8. The van der Waals surface area contributed by atoms with Gasteiger partial charge in [-0.15, -0.1) is 0 Å². The molecule has 2 heterocycles. The Morgan fingerprint density at radius 2 is 1.90 bits per heavy atom. The van der Waals surface area contributed by atoms with Crippen molar-refractivity contribution in [2.45, 2.75) is 13.0 Å². The Balaban J connectivity index is 1.24. The predicted molar refractivity (Wildman–Crippen MR) is 110 cm³/mol. The van der Waals surface area contributed by atoms with Gasteiger partial charge in [-0.3, -0.25) is 9.59 Å². The molecule has 0 spiro atoms. The molecular weight excluding hydrogens is 405 g/mol. The molecule has 0 radical (unpaired) electrons. The van der Waals surface area contributed by atoms with Crippen LogP contribution in [0.25, 0.3) is 11.3 Å². The van der Waals surface area contributed by atoms with Crippen molar-refractivity contribution in [2.75, 3.05) is 19.9 Å². The van der Waals surface area contributed by atoms with Crippen LogP contribution in [-0.4, -0.2) is 35.6 Å². The number of benzene rings is 2. The second-order valence-corrected chi connectivity index (χ2v) is 6.79. The zero-order valence-electron chi connectivity index (χ0n) is 16.5. The van der Waals surface area contributed by atoms with E-state index in [1.54, 1.807) is 36.4 Å². The van der Waals surface area contributed by atoms with Crippen LogP contribution in [0.4, 0.5) is 4.39 Å². The van der Waals surface area contributed by atoms with Crippen molar-refractivity contribution in [3.05, 3.63) is 70.8 Å². The van der Waals surface area contributed by atoms with E-state index in [4.69, 9.17) is 14.2 Å². The zero-order valence-corrected chi connectivity index (χ0v) is 16.5.